The monoisotopic (exact) mass is 537 g/mol. The topological polar surface area (TPSA) is 60.4 Å². The zero-order chi connectivity index (χ0) is 27.1. The molecule has 0 saturated heterocycles. The van der Waals surface area contributed by atoms with Crippen molar-refractivity contribution in [2.75, 3.05) is 17.9 Å². The van der Waals surface area contributed by atoms with Crippen LogP contribution in [0.5, 0.6) is 5.75 Å². The van der Waals surface area contributed by atoms with Crippen LogP contribution in [0, 0.1) is 5.82 Å². The molecule has 1 aliphatic heterocycles. The molecule has 1 aromatic heterocycles. The second kappa shape index (κ2) is 13.0. The first-order chi connectivity index (χ1) is 18.2. The molecule has 2 aromatic carbocycles. The largest absolute Gasteiger partial charge is 0.588 e. The lowest BCUT2D eigenvalue weighted by Gasteiger charge is -2.29. The number of pyridine rings is 1. The highest BCUT2D eigenvalue weighted by atomic mass is 32.2. The molecule has 1 N–H and O–H groups in total. The summed E-state index contributed by atoms with van der Waals surface area (Å²) in [6, 6.07) is 14.9. The molecule has 0 amide bonds. The summed E-state index contributed by atoms with van der Waals surface area (Å²) in [4.78, 5) is 7.72. The van der Waals surface area contributed by atoms with Crippen molar-refractivity contribution < 1.29 is 13.7 Å². The SMILES string of the molecule is CCCCCCOc1ccc(N[S+]([O-])c2ccc3c(c2)CCN(Cc2ccc(C(C)(C)C)nc2)C3)c(F)c1. The number of aromatic nitrogens is 1. The van der Waals surface area contributed by atoms with Gasteiger partial charge in [0.25, 0.3) is 0 Å². The number of nitrogens with one attached hydrogen (secondary N) is 1. The molecule has 0 radical (unpaired) electrons. The Hall–Kier alpha value is -2.61. The molecule has 1 aliphatic rings. The van der Waals surface area contributed by atoms with E-state index in [1.54, 1.807) is 12.1 Å². The van der Waals surface area contributed by atoms with Gasteiger partial charge in [0.15, 0.2) is 10.7 Å². The Morgan fingerprint density at radius 3 is 2.61 bits per heavy atom. The van der Waals surface area contributed by atoms with Gasteiger partial charge in [-0.15, -0.1) is 0 Å². The van der Waals surface area contributed by atoms with Crippen LogP contribution in [0.15, 0.2) is 59.6 Å². The van der Waals surface area contributed by atoms with Crippen LogP contribution in [0.1, 0.15) is 75.8 Å². The third kappa shape index (κ3) is 7.71. The van der Waals surface area contributed by atoms with E-state index < -0.39 is 17.2 Å². The van der Waals surface area contributed by atoms with Gasteiger partial charge in [0.2, 0.25) is 0 Å². The van der Waals surface area contributed by atoms with Crippen LogP contribution >= 0.6 is 0 Å². The maximum absolute atomic E-state index is 14.6. The molecule has 0 aliphatic carbocycles. The molecule has 0 bridgehead atoms. The van der Waals surface area contributed by atoms with E-state index >= 15 is 0 Å². The molecular weight excluding hydrogens is 497 g/mol. The molecule has 38 heavy (non-hydrogen) atoms. The van der Waals surface area contributed by atoms with E-state index in [1.807, 2.05) is 24.4 Å². The van der Waals surface area contributed by atoms with Gasteiger partial charge < -0.3 is 9.29 Å². The van der Waals surface area contributed by atoms with E-state index in [1.165, 1.54) is 35.6 Å². The summed E-state index contributed by atoms with van der Waals surface area (Å²) in [6.07, 6.45) is 7.28. The first-order valence-electron chi connectivity index (χ1n) is 13.6. The van der Waals surface area contributed by atoms with Gasteiger partial charge in [0.1, 0.15) is 22.8 Å². The maximum atomic E-state index is 14.6. The summed E-state index contributed by atoms with van der Waals surface area (Å²) in [7, 11) is 0. The highest BCUT2D eigenvalue weighted by molar-refractivity contribution is 7.92. The highest BCUT2D eigenvalue weighted by Crippen LogP contribution is 2.27. The van der Waals surface area contributed by atoms with Gasteiger partial charge in [0.05, 0.1) is 6.61 Å². The minimum atomic E-state index is -1.56. The number of anilines is 1. The van der Waals surface area contributed by atoms with Crippen molar-refractivity contribution in [3.05, 3.63) is 82.9 Å². The molecule has 2 heterocycles. The van der Waals surface area contributed by atoms with Crippen LogP contribution in [-0.2, 0) is 36.3 Å². The molecule has 5 nitrogen and oxygen atoms in total. The number of hydrogen-bond acceptors (Lipinski definition) is 5. The third-order valence-electron chi connectivity index (χ3n) is 6.89. The molecule has 7 heteroatoms. The summed E-state index contributed by atoms with van der Waals surface area (Å²) < 4.78 is 36.1. The van der Waals surface area contributed by atoms with Gasteiger partial charge in [-0.3, -0.25) is 9.88 Å². The Morgan fingerprint density at radius 2 is 1.89 bits per heavy atom. The maximum Gasteiger partial charge on any atom is 0.180 e. The molecule has 0 fully saturated rings. The predicted molar refractivity (Wildman–Crippen MR) is 153 cm³/mol. The molecule has 204 valence electrons. The molecular formula is C31H40FN3O2S. The van der Waals surface area contributed by atoms with Crippen molar-refractivity contribution in [3.63, 3.8) is 0 Å². The van der Waals surface area contributed by atoms with Crippen LogP contribution < -0.4 is 9.46 Å². The van der Waals surface area contributed by atoms with Crippen molar-refractivity contribution >= 4 is 17.0 Å². The number of hydrogen-bond donors (Lipinski definition) is 1. The number of rotatable bonds is 11. The van der Waals surface area contributed by atoms with E-state index in [0.717, 1.165) is 44.6 Å². The average molecular weight is 538 g/mol. The lowest BCUT2D eigenvalue weighted by Crippen LogP contribution is -2.30. The highest BCUT2D eigenvalue weighted by Gasteiger charge is 2.22. The first kappa shape index (κ1) is 28.4. The number of ether oxygens (including phenoxy) is 1. The van der Waals surface area contributed by atoms with Crippen molar-refractivity contribution in [1.82, 2.24) is 9.88 Å². The molecule has 0 spiro atoms. The van der Waals surface area contributed by atoms with Gasteiger partial charge in [-0.2, -0.15) is 0 Å². The van der Waals surface area contributed by atoms with Crippen molar-refractivity contribution in [2.45, 2.75) is 83.2 Å². The van der Waals surface area contributed by atoms with E-state index in [9.17, 15) is 8.94 Å². The molecule has 1 unspecified atom stereocenters. The summed E-state index contributed by atoms with van der Waals surface area (Å²) in [5.74, 6) is 0.0256. The fraction of sp³-hybridized carbons (Fsp3) is 0.452. The summed E-state index contributed by atoms with van der Waals surface area (Å²) in [6.45, 7) is 11.9. The first-order valence-corrected chi connectivity index (χ1v) is 14.8. The van der Waals surface area contributed by atoms with Gasteiger partial charge >= 0.3 is 0 Å². The van der Waals surface area contributed by atoms with E-state index in [0.29, 0.717) is 17.3 Å². The molecule has 0 saturated carbocycles. The van der Waals surface area contributed by atoms with E-state index in [-0.39, 0.29) is 11.1 Å². The zero-order valence-electron chi connectivity index (χ0n) is 23.1. The number of halogens is 1. The quantitative estimate of drug-likeness (QED) is 0.208. The van der Waals surface area contributed by atoms with Crippen LogP contribution in [0.3, 0.4) is 0 Å². The Kier molecular flexibility index (Phi) is 9.69. The molecule has 1 atom stereocenters. The smallest absolute Gasteiger partial charge is 0.180 e. The fourth-order valence-electron chi connectivity index (χ4n) is 4.60. The van der Waals surface area contributed by atoms with Crippen LogP contribution in [0.25, 0.3) is 0 Å². The lowest BCUT2D eigenvalue weighted by molar-refractivity contribution is 0.245. The van der Waals surface area contributed by atoms with E-state index in [2.05, 4.69) is 54.4 Å². The van der Waals surface area contributed by atoms with Gasteiger partial charge in [-0.25, -0.2) is 9.11 Å². The number of unbranched alkanes of at least 4 members (excludes halogenated alkanes) is 3. The van der Waals surface area contributed by atoms with Gasteiger partial charge in [-0.1, -0.05) is 59.1 Å². The van der Waals surface area contributed by atoms with Gasteiger partial charge in [-0.05, 0) is 59.9 Å². The predicted octanol–water partition coefficient (Wildman–Crippen LogP) is 7.17. The summed E-state index contributed by atoms with van der Waals surface area (Å²) in [5, 5.41) is 0. The molecule has 3 aromatic rings. The van der Waals surface area contributed by atoms with E-state index in [4.69, 9.17) is 4.74 Å². The number of benzene rings is 2. The zero-order valence-corrected chi connectivity index (χ0v) is 23.9. The fourth-order valence-corrected chi connectivity index (χ4v) is 5.53. The van der Waals surface area contributed by atoms with Gasteiger partial charge in [0, 0.05) is 43.0 Å². The number of fused-ring (bicyclic) bond motifs is 1. The summed E-state index contributed by atoms with van der Waals surface area (Å²) in [5.41, 5.74) is 4.99. The van der Waals surface area contributed by atoms with Crippen LogP contribution in [-0.4, -0.2) is 27.6 Å². The minimum absolute atomic E-state index is 0.0480. The van der Waals surface area contributed by atoms with Crippen molar-refractivity contribution in [1.29, 1.82) is 0 Å². The van der Waals surface area contributed by atoms with Crippen LogP contribution in [0.4, 0.5) is 10.1 Å². The van der Waals surface area contributed by atoms with Crippen LogP contribution in [0.2, 0.25) is 0 Å². The second-order valence-electron chi connectivity index (χ2n) is 11.1. The Bertz CT molecular complexity index is 1200. The minimum Gasteiger partial charge on any atom is -0.588 e. The third-order valence-corrected chi connectivity index (χ3v) is 7.98. The Labute approximate surface area is 230 Å². The summed E-state index contributed by atoms with van der Waals surface area (Å²) >= 11 is -1.56. The Balaban J connectivity index is 1.32. The normalized spacial score (nSPS) is 14.7. The van der Waals surface area contributed by atoms with Crippen molar-refractivity contribution in [3.8, 4) is 5.75 Å². The molecule has 4 rings (SSSR count). The second-order valence-corrected chi connectivity index (χ2v) is 12.3. The Morgan fingerprint density at radius 1 is 1.05 bits per heavy atom. The standard InChI is InChI=1S/C31H40FN3O2S/c1-5-6-7-8-17-37-26-11-13-29(28(32)19-26)34-38(36)27-12-10-25-22-35(16-15-24(25)18-27)21-23-9-14-30(33-20-23)31(2,3)4/h9-14,18-20,34H,5-8,15-17,21-22H2,1-4H3. The number of nitrogens with zero attached hydrogens (tertiary/aromatic N) is 2. The lowest BCUT2D eigenvalue weighted by atomic mass is 9.91. The van der Waals surface area contributed by atoms with Crippen molar-refractivity contribution in [2.24, 2.45) is 0 Å². The average Bonchev–Trinajstić information content (AvgIpc) is 2.89.